The number of nitrogens with two attached hydrogens (primary N) is 1. The maximum absolute atomic E-state index is 12.5. The van der Waals surface area contributed by atoms with E-state index in [-0.39, 0.29) is 11.4 Å². The van der Waals surface area contributed by atoms with E-state index < -0.39 is 0 Å². The molecule has 1 aromatic carbocycles. The van der Waals surface area contributed by atoms with Crippen molar-refractivity contribution in [1.82, 2.24) is 9.97 Å². The molecule has 1 aliphatic heterocycles. The monoisotopic (exact) mass is 377 g/mol. The van der Waals surface area contributed by atoms with Crippen LogP contribution >= 0.6 is 0 Å². The van der Waals surface area contributed by atoms with Crippen LogP contribution in [0.2, 0.25) is 0 Å². The van der Waals surface area contributed by atoms with Crippen molar-refractivity contribution in [1.29, 1.82) is 0 Å². The first-order valence-electron chi connectivity index (χ1n) is 10.1. The first-order chi connectivity index (χ1) is 13.6. The summed E-state index contributed by atoms with van der Waals surface area (Å²) in [6.45, 7) is 3.84. The SMILES string of the molecule is Cc1cc(C2=CCCCC2)ccc1N=Cc1c(N)nc(N2CCCC2)[nH]c1=O. The fourth-order valence-corrected chi connectivity index (χ4v) is 3.93. The first kappa shape index (κ1) is 18.5. The molecule has 146 valence electrons. The Labute approximate surface area is 165 Å². The lowest BCUT2D eigenvalue weighted by molar-refractivity contribution is 0.742. The molecular formula is C22H27N5O. The summed E-state index contributed by atoms with van der Waals surface area (Å²) in [7, 11) is 0. The number of allylic oxidation sites excluding steroid dienone is 2. The van der Waals surface area contributed by atoms with Gasteiger partial charge in [-0.15, -0.1) is 0 Å². The Balaban J connectivity index is 1.57. The minimum Gasteiger partial charge on any atom is -0.383 e. The Morgan fingerprint density at radius 1 is 1.21 bits per heavy atom. The quantitative estimate of drug-likeness (QED) is 0.789. The van der Waals surface area contributed by atoms with E-state index in [9.17, 15) is 4.79 Å². The number of nitrogens with zero attached hydrogens (tertiary/aromatic N) is 3. The average Bonchev–Trinajstić information content (AvgIpc) is 3.24. The van der Waals surface area contributed by atoms with Crippen LogP contribution in [0.3, 0.4) is 0 Å². The molecule has 6 nitrogen and oxygen atoms in total. The molecule has 4 rings (SSSR count). The van der Waals surface area contributed by atoms with Crippen LogP contribution in [-0.2, 0) is 0 Å². The van der Waals surface area contributed by atoms with Crippen molar-refractivity contribution < 1.29 is 0 Å². The van der Waals surface area contributed by atoms with Crippen LogP contribution < -0.4 is 16.2 Å². The second-order valence-corrected chi connectivity index (χ2v) is 7.62. The van der Waals surface area contributed by atoms with E-state index in [2.05, 4.69) is 38.1 Å². The maximum Gasteiger partial charge on any atom is 0.263 e. The van der Waals surface area contributed by atoms with Crippen molar-refractivity contribution in [2.45, 2.75) is 45.4 Å². The standard InChI is InChI=1S/C22H27N5O/c1-15-13-17(16-7-3-2-4-8-16)9-10-19(15)24-14-18-20(23)25-22(26-21(18)28)27-11-5-6-12-27/h7,9-10,13-14H,2-6,8,11-12H2,1H3,(H3,23,25,26,28). The summed E-state index contributed by atoms with van der Waals surface area (Å²) in [5.41, 5.74) is 10.7. The average molecular weight is 377 g/mol. The summed E-state index contributed by atoms with van der Waals surface area (Å²) in [5.74, 6) is 0.773. The van der Waals surface area contributed by atoms with Crippen molar-refractivity contribution in [2.75, 3.05) is 23.7 Å². The van der Waals surface area contributed by atoms with E-state index in [1.165, 1.54) is 30.2 Å². The second kappa shape index (κ2) is 8.00. The van der Waals surface area contributed by atoms with E-state index in [0.717, 1.165) is 50.0 Å². The molecule has 1 saturated heterocycles. The lowest BCUT2D eigenvalue weighted by Crippen LogP contribution is -2.26. The number of rotatable bonds is 4. The fraction of sp³-hybridized carbons (Fsp3) is 0.409. The second-order valence-electron chi connectivity index (χ2n) is 7.62. The summed E-state index contributed by atoms with van der Waals surface area (Å²) in [6, 6.07) is 6.29. The molecule has 1 aliphatic carbocycles. The number of aromatic amines is 1. The van der Waals surface area contributed by atoms with Gasteiger partial charge in [0.25, 0.3) is 5.56 Å². The molecule has 2 aliphatic rings. The number of nitrogen functional groups attached to an aromatic ring is 1. The largest absolute Gasteiger partial charge is 0.383 e. The number of hydrogen-bond acceptors (Lipinski definition) is 5. The molecule has 1 aromatic heterocycles. The van der Waals surface area contributed by atoms with Crippen LogP contribution in [0.15, 0.2) is 34.1 Å². The van der Waals surface area contributed by atoms with Crippen molar-refractivity contribution in [3.8, 4) is 0 Å². The third-order valence-corrected chi connectivity index (χ3v) is 5.57. The van der Waals surface area contributed by atoms with Gasteiger partial charge >= 0.3 is 0 Å². The number of aromatic nitrogens is 2. The Bertz CT molecular complexity index is 983. The summed E-state index contributed by atoms with van der Waals surface area (Å²) in [6.07, 6.45) is 10.9. The van der Waals surface area contributed by atoms with Gasteiger partial charge in [0.15, 0.2) is 0 Å². The Kier molecular flexibility index (Phi) is 5.28. The van der Waals surface area contributed by atoms with E-state index in [1.807, 2.05) is 13.0 Å². The van der Waals surface area contributed by atoms with Crippen molar-refractivity contribution in [2.24, 2.45) is 4.99 Å². The van der Waals surface area contributed by atoms with E-state index in [0.29, 0.717) is 11.5 Å². The summed E-state index contributed by atoms with van der Waals surface area (Å²) in [5, 5.41) is 0. The van der Waals surface area contributed by atoms with Crippen molar-refractivity contribution in [3.63, 3.8) is 0 Å². The molecule has 0 spiro atoms. The number of benzene rings is 1. The molecule has 3 N–H and O–H groups in total. The van der Waals surface area contributed by atoms with Crippen LogP contribution in [0.1, 0.15) is 55.2 Å². The zero-order chi connectivity index (χ0) is 19.5. The van der Waals surface area contributed by atoms with Crippen LogP contribution in [-0.4, -0.2) is 29.3 Å². The smallest absolute Gasteiger partial charge is 0.263 e. The highest BCUT2D eigenvalue weighted by molar-refractivity contribution is 5.87. The normalized spacial score (nSPS) is 17.3. The van der Waals surface area contributed by atoms with Gasteiger partial charge in [-0.1, -0.05) is 12.1 Å². The maximum atomic E-state index is 12.5. The molecule has 28 heavy (non-hydrogen) atoms. The predicted octanol–water partition coefficient (Wildman–Crippen LogP) is 3.97. The van der Waals surface area contributed by atoms with Gasteiger partial charge in [0, 0.05) is 19.3 Å². The summed E-state index contributed by atoms with van der Waals surface area (Å²) < 4.78 is 0. The minimum absolute atomic E-state index is 0.219. The first-order valence-corrected chi connectivity index (χ1v) is 10.1. The molecule has 6 heteroatoms. The number of aliphatic imine (C=N–C) groups is 1. The molecule has 0 amide bonds. The molecule has 2 aromatic rings. The highest BCUT2D eigenvalue weighted by Crippen LogP contribution is 2.30. The van der Waals surface area contributed by atoms with Crippen molar-refractivity contribution >= 4 is 29.2 Å². The predicted molar refractivity (Wildman–Crippen MR) is 116 cm³/mol. The highest BCUT2D eigenvalue weighted by atomic mass is 16.1. The van der Waals surface area contributed by atoms with Crippen molar-refractivity contribution in [3.05, 3.63) is 51.3 Å². The number of hydrogen-bond donors (Lipinski definition) is 2. The van der Waals surface area contributed by atoms with Gasteiger partial charge in [0.1, 0.15) is 11.4 Å². The summed E-state index contributed by atoms with van der Waals surface area (Å²) in [4.78, 5) is 26.3. The van der Waals surface area contributed by atoms with Crippen LogP contribution in [0.5, 0.6) is 0 Å². The zero-order valence-electron chi connectivity index (χ0n) is 16.4. The number of aryl methyl sites for hydroxylation is 1. The molecule has 0 unspecified atom stereocenters. The lowest BCUT2D eigenvalue weighted by Gasteiger charge is -2.16. The van der Waals surface area contributed by atoms with Crippen LogP contribution in [0.25, 0.3) is 5.57 Å². The number of nitrogens with one attached hydrogen (secondary N) is 1. The molecule has 0 radical (unpaired) electrons. The Morgan fingerprint density at radius 2 is 2.04 bits per heavy atom. The van der Waals surface area contributed by atoms with Gasteiger partial charge in [-0.3, -0.25) is 14.8 Å². The molecule has 0 saturated carbocycles. The highest BCUT2D eigenvalue weighted by Gasteiger charge is 2.17. The molecule has 2 heterocycles. The van der Waals surface area contributed by atoms with E-state index in [1.54, 1.807) is 0 Å². The van der Waals surface area contributed by atoms with Gasteiger partial charge in [0.05, 0.1) is 5.69 Å². The van der Waals surface area contributed by atoms with Gasteiger partial charge in [-0.05, 0) is 74.3 Å². The van der Waals surface area contributed by atoms with Gasteiger partial charge in [-0.25, -0.2) is 0 Å². The summed E-state index contributed by atoms with van der Waals surface area (Å²) >= 11 is 0. The lowest BCUT2D eigenvalue weighted by atomic mass is 9.92. The van der Waals surface area contributed by atoms with Gasteiger partial charge < -0.3 is 10.6 Å². The molecule has 0 atom stereocenters. The molecular weight excluding hydrogens is 350 g/mol. The van der Waals surface area contributed by atoms with E-state index in [4.69, 9.17) is 5.73 Å². The van der Waals surface area contributed by atoms with Gasteiger partial charge in [0.2, 0.25) is 5.95 Å². The number of H-pyrrole nitrogens is 1. The number of anilines is 2. The Hall–Kier alpha value is -2.89. The van der Waals surface area contributed by atoms with Crippen LogP contribution in [0, 0.1) is 6.92 Å². The molecule has 0 bridgehead atoms. The molecule has 1 fully saturated rings. The topological polar surface area (TPSA) is 87.4 Å². The van der Waals surface area contributed by atoms with Crippen LogP contribution in [0.4, 0.5) is 17.5 Å². The third-order valence-electron chi connectivity index (χ3n) is 5.57. The third kappa shape index (κ3) is 3.86. The minimum atomic E-state index is -0.250. The van der Waals surface area contributed by atoms with Gasteiger partial charge in [-0.2, -0.15) is 4.98 Å². The Morgan fingerprint density at radius 3 is 2.71 bits per heavy atom. The van der Waals surface area contributed by atoms with E-state index >= 15 is 0 Å². The zero-order valence-corrected chi connectivity index (χ0v) is 16.4. The fourth-order valence-electron chi connectivity index (χ4n) is 3.93.